The minimum Gasteiger partial charge on any atom is -0.497 e. The van der Waals surface area contributed by atoms with Gasteiger partial charge >= 0.3 is 5.97 Å². The summed E-state index contributed by atoms with van der Waals surface area (Å²) in [5.74, 6) is 0.351. The molecule has 0 spiro atoms. The van der Waals surface area contributed by atoms with Gasteiger partial charge in [0.05, 0.1) is 13.4 Å². The first-order valence-electron chi connectivity index (χ1n) is 7.21. The van der Waals surface area contributed by atoms with Crippen molar-refractivity contribution in [2.45, 2.75) is 13.3 Å². The second-order valence-corrected chi connectivity index (χ2v) is 4.91. The molecule has 1 amide bonds. The summed E-state index contributed by atoms with van der Waals surface area (Å²) in [4.78, 5) is 23.4. The van der Waals surface area contributed by atoms with Crippen LogP contribution in [0, 0.1) is 6.92 Å². The monoisotopic (exact) mass is 317 g/mol. The van der Waals surface area contributed by atoms with E-state index >= 15 is 0 Å². The van der Waals surface area contributed by atoms with Crippen LogP contribution < -0.4 is 10.1 Å². The van der Waals surface area contributed by atoms with Crippen LogP contribution >= 0.6 is 0 Å². The molecule has 0 bridgehead atoms. The van der Waals surface area contributed by atoms with Crippen molar-refractivity contribution in [3.8, 4) is 5.75 Å². The molecule has 1 heterocycles. The van der Waals surface area contributed by atoms with Gasteiger partial charge in [-0.15, -0.1) is 0 Å². The molecule has 0 unspecified atom stereocenters. The molecule has 122 valence electrons. The second-order valence-electron chi connectivity index (χ2n) is 4.91. The van der Waals surface area contributed by atoms with Crippen molar-refractivity contribution < 1.29 is 23.5 Å². The Hall–Kier alpha value is -2.76. The SMILES string of the molecule is COc1ccc(CCNC(=O)COC(=O)c2ccoc2C)cc1. The molecule has 1 N–H and O–H groups in total. The summed E-state index contributed by atoms with van der Waals surface area (Å²) in [5, 5.41) is 2.70. The Balaban J connectivity index is 1.68. The predicted octanol–water partition coefficient (Wildman–Crippen LogP) is 2.11. The number of furan rings is 1. The number of rotatable bonds is 7. The number of hydrogen-bond donors (Lipinski definition) is 1. The van der Waals surface area contributed by atoms with Gasteiger partial charge < -0.3 is 19.2 Å². The molecule has 1 aromatic carbocycles. The lowest BCUT2D eigenvalue weighted by Gasteiger charge is -2.07. The maximum absolute atomic E-state index is 11.7. The molecule has 6 nitrogen and oxygen atoms in total. The van der Waals surface area contributed by atoms with Gasteiger partial charge in [-0.2, -0.15) is 0 Å². The number of esters is 1. The summed E-state index contributed by atoms with van der Waals surface area (Å²) < 4.78 is 15.0. The van der Waals surface area contributed by atoms with Crippen LogP contribution in [0.5, 0.6) is 5.75 Å². The summed E-state index contributed by atoms with van der Waals surface area (Å²) in [6.45, 7) is 1.81. The molecule has 1 aromatic heterocycles. The minimum absolute atomic E-state index is 0.313. The molecule has 0 saturated carbocycles. The van der Waals surface area contributed by atoms with Crippen LogP contribution in [0.25, 0.3) is 0 Å². The molecule has 0 aliphatic carbocycles. The number of ether oxygens (including phenoxy) is 2. The fourth-order valence-electron chi connectivity index (χ4n) is 2.00. The highest BCUT2D eigenvalue weighted by Gasteiger charge is 2.14. The fraction of sp³-hybridized carbons (Fsp3) is 0.294. The van der Waals surface area contributed by atoms with E-state index < -0.39 is 5.97 Å². The van der Waals surface area contributed by atoms with E-state index in [9.17, 15) is 9.59 Å². The van der Waals surface area contributed by atoms with Crippen molar-refractivity contribution in [1.82, 2.24) is 5.32 Å². The molecule has 0 aliphatic heterocycles. The lowest BCUT2D eigenvalue weighted by atomic mass is 10.1. The molecule has 2 rings (SSSR count). The van der Waals surface area contributed by atoms with E-state index in [-0.39, 0.29) is 12.5 Å². The fourth-order valence-corrected chi connectivity index (χ4v) is 2.00. The number of carbonyl (C=O) groups is 2. The van der Waals surface area contributed by atoms with Crippen molar-refractivity contribution in [1.29, 1.82) is 0 Å². The van der Waals surface area contributed by atoms with Gasteiger partial charge in [0, 0.05) is 6.54 Å². The summed E-state index contributed by atoms with van der Waals surface area (Å²) >= 11 is 0. The normalized spacial score (nSPS) is 10.2. The maximum Gasteiger partial charge on any atom is 0.342 e. The summed E-state index contributed by atoms with van der Waals surface area (Å²) in [5.41, 5.74) is 1.41. The number of hydrogen-bond acceptors (Lipinski definition) is 5. The number of methoxy groups -OCH3 is 1. The minimum atomic E-state index is -0.568. The smallest absolute Gasteiger partial charge is 0.342 e. The average Bonchev–Trinajstić information content (AvgIpc) is 2.99. The zero-order chi connectivity index (χ0) is 16.7. The molecular formula is C17H19NO5. The van der Waals surface area contributed by atoms with Gasteiger partial charge in [0.15, 0.2) is 6.61 Å². The number of benzene rings is 1. The van der Waals surface area contributed by atoms with Crippen LogP contribution in [0.15, 0.2) is 41.0 Å². The topological polar surface area (TPSA) is 77.8 Å². The number of aryl methyl sites for hydroxylation is 1. The van der Waals surface area contributed by atoms with E-state index in [1.54, 1.807) is 14.0 Å². The zero-order valence-corrected chi connectivity index (χ0v) is 13.1. The first-order chi connectivity index (χ1) is 11.1. The molecule has 0 aliphatic rings. The summed E-state index contributed by atoms with van der Waals surface area (Å²) in [6, 6.07) is 9.12. The second kappa shape index (κ2) is 8.03. The van der Waals surface area contributed by atoms with E-state index in [1.165, 1.54) is 12.3 Å². The largest absolute Gasteiger partial charge is 0.497 e. The van der Waals surface area contributed by atoms with E-state index in [0.29, 0.717) is 24.3 Å². The highest BCUT2D eigenvalue weighted by Crippen LogP contribution is 2.11. The van der Waals surface area contributed by atoms with Crippen molar-refractivity contribution in [2.75, 3.05) is 20.3 Å². The van der Waals surface area contributed by atoms with Crippen LogP contribution in [0.4, 0.5) is 0 Å². The van der Waals surface area contributed by atoms with Crippen LogP contribution in [0.1, 0.15) is 21.7 Å². The number of carbonyl (C=O) groups excluding carboxylic acids is 2. The standard InChI is InChI=1S/C17H19NO5/c1-12-15(8-10-22-12)17(20)23-11-16(19)18-9-7-13-3-5-14(21-2)6-4-13/h3-6,8,10H,7,9,11H2,1-2H3,(H,18,19). The van der Waals surface area contributed by atoms with Crippen molar-refractivity contribution in [2.24, 2.45) is 0 Å². The van der Waals surface area contributed by atoms with Crippen molar-refractivity contribution in [3.63, 3.8) is 0 Å². The third-order valence-electron chi connectivity index (χ3n) is 3.31. The van der Waals surface area contributed by atoms with Crippen molar-refractivity contribution in [3.05, 3.63) is 53.5 Å². The molecular weight excluding hydrogens is 298 g/mol. The van der Waals surface area contributed by atoms with Gasteiger partial charge in [-0.1, -0.05) is 12.1 Å². The Morgan fingerprint density at radius 2 is 1.91 bits per heavy atom. The van der Waals surface area contributed by atoms with Crippen LogP contribution in [-0.4, -0.2) is 32.1 Å². The third-order valence-corrected chi connectivity index (χ3v) is 3.31. The Kier molecular flexibility index (Phi) is 5.80. The molecule has 0 radical (unpaired) electrons. The first kappa shape index (κ1) is 16.6. The Bertz CT molecular complexity index is 660. The lowest BCUT2D eigenvalue weighted by molar-refractivity contribution is -0.124. The lowest BCUT2D eigenvalue weighted by Crippen LogP contribution is -2.30. The summed E-state index contributed by atoms with van der Waals surface area (Å²) in [6.07, 6.45) is 2.09. The van der Waals surface area contributed by atoms with E-state index in [2.05, 4.69) is 5.32 Å². The van der Waals surface area contributed by atoms with Gasteiger partial charge in [-0.3, -0.25) is 4.79 Å². The van der Waals surface area contributed by atoms with E-state index in [4.69, 9.17) is 13.9 Å². The van der Waals surface area contributed by atoms with E-state index in [1.807, 2.05) is 24.3 Å². The highest BCUT2D eigenvalue weighted by molar-refractivity contribution is 5.92. The van der Waals surface area contributed by atoms with Crippen LogP contribution in [-0.2, 0) is 16.0 Å². The van der Waals surface area contributed by atoms with Gasteiger partial charge in [0.1, 0.15) is 17.1 Å². The molecule has 0 atom stereocenters. The Morgan fingerprint density at radius 1 is 1.17 bits per heavy atom. The Morgan fingerprint density at radius 3 is 2.52 bits per heavy atom. The molecule has 0 saturated heterocycles. The zero-order valence-electron chi connectivity index (χ0n) is 13.1. The highest BCUT2D eigenvalue weighted by atomic mass is 16.5. The van der Waals surface area contributed by atoms with Crippen LogP contribution in [0.3, 0.4) is 0 Å². The average molecular weight is 317 g/mol. The maximum atomic E-state index is 11.7. The quantitative estimate of drug-likeness (QED) is 0.791. The van der Waals surface area contributed by atoms with Crippen LogP contribution in [0.2, 0.25) is 0 Å². The van der Waals surface area contributed by atoms with Gasteiger partial charge in [-0.25, -0.2) is 4.79 Å². The predicted molar refractivity (Wildman–Crippen MR) is 83.4 cm³/mol. The number of nitrogens with one attached hydrogen (secondary N) is 1. The first-order valence-corrected chi connectivity index (χ1v) is 7.21. The van der Waals surface area contributed by atoms with Crippen molar-refractivity contribution >= 4 is 11.9 Å². The molecule has 23 heavy (non-hydrogen) atoms. The third kappa shape index (κ3) is 4.88. The summed E-state index contributed by atoms with van der Waals surface area (Å²) in [7, 11) is 1.61. The Labute approximate surface area is 134 Å². The molecule has 6 heteroatoms. The van der Waals surface area contributed by atoms with Gasteiger partial charge in [0.25, 0.3) is 5.91 Å². The molecule has 0 fully saturated rings. The number of amides is 1. The van der Waals surface area contributed by atoms with Gasteiger partial charge in [-0.05, 0) is 37.1 Å². The van der Waals surface area contributed by atoms with E-state index in [0.717, 1.165) is 11.3 Å². The van der Waals surface area contributed by atoms with Gasteiger partial charge in [0.2, 0.25) is 0 Å². The molecule has 2 aromatic rings.